The van der Waals surface area contributed by atoms with Crippen molar-refractivity contribution in [2.45, 2.75) is 63.8 Å². The molecule has 1 aliphatic heterocycles. The first-order chi connectivity index (χ1) is 17.8. The predicted molar refractivity (Wildman–Crippen MR) is 144 cm³/mol. The van der Waals surface area contributed by atoms with E-state index in [2.05, 4.69) is 18.0 Å². The second kappa shape index (κ2) is 12.1. The Morgan fingerprint density at radius 2 is 1.76 bits per heavy atom. The van der Waals surface area contributed by atoms with Gasteiger partial charge in [-0.05, 0) is 74.6 Å². The number of hydrogen-bond donors (Lipinski definition) is 0. The first kappa shape index (κ1) is 27.2. The highest BCUT2D eigenvalue weighted by atomic mass is 32.2. The number of amides is 1. The molecule has 1 amide bonds. The van der Waals surface area contributed by atoms with E-state index in [4.69, 9.17) is 4.74 Å². The van der Waals surface area contributed by atoms with Gasteiger partial charge < -0.3 is 9.30 Å². The summed E-state index contributed by atoms with van der Waals surface area (Å²) >= 11 is 1.35. The number of carbonyl (C=O) groups excluding carboxylic acids is 2. The summed E-state index contributed by atoms with van der Waals surface area (Å²) < 4.78 is 35.1. The summed E-state index contributed by atoms with van der Waals surface area (Å²) in [6.07, 6.45) is 5.89. The molecular weight excluding hydrogens is 510 g/mol. The number of thiazole rings is 1. The minimum absolute atomic E-state index is 0.0543. The molecule has 1 saturated heterocycles. The molecule has 10 heteroatoms. The topological polar surface area (TPSA) is 98.0 Å². The Bertz CT molecular complexity index is 1430. The summed E-state index contributed by atoms with van der Waals surface area (Å²) in [5.74, 6) is -0.907. The number of piperidine rings is 1. The second-order valence-corrected chi connectivity index (χ2v) is 12.0. The summed E-state index contributed by atoms with van der Waals surface area (Å²) in [5, 5.41) is 0. The fourth-order valence-corrected chi connectivity index (χ4v) is 7.01. The molecule has 1 aromatic heterocycles. The highest BCUT2D eigenvalue weighted by Crippen LogP contribution is 2.22. The number of carbonyl (C=O) groups is 2. The molecule has 2 aromatic carbocycles. The largest absolute Gasteiger partial charge is 0.465 e. The van der Waals surface area contributed by atoms with Crippen molar-refractivity contribution < 1.29 is 22.7 Å². The van der Waals surface area contributed by atoms with Crippen molar-refractivity contribution in [3.05, 3.63) is 58.4 Å². The van der Waals surface area contributed by atoms with Crippen LogP contribution in [0.4, 0.5) is 0 Å². The van der Waals surface area contributed by atoms with Gasteiger partial charge in [-0.25, -0.2) is 8.42 Å². The van der Waals surface area contributed by atoms with E-state index in [0.29, 0.717) is 17.9 Å². The van der Waals surface area contributed by atoms with Crippen LogP contribution in [0.25, 0.3) is 10.2 Å². The maximum Gasteiger partial charge on any atom is 0.326 e. The Kier molecular flexibility index (Phi) is 8.94. The minimum atomic E-state index is -3.58. The van der Waals surface area contributed by atoms with Gasteiger partial charge in [-0.1, -0.05) is 37.2 Å². The van der Waals surface area contributed by atoms with Gasteiger partial charge in [0.05, 0.1) is 21.7 Å². The number of rotatable bonds is 9. The van der Waals surface area contributed by atoms with Crippen LogP contribution in [0.5, 0.6) is 0 Å². The first-order valence-electron chi connectivity index (χ1n) is 12.8. The zero-order chi connectivity index (χ0) is 26.4. The third kappa shape index (κ3) is 6.37. The average Bonchev–Trinajstić information content (AvgIpc) is 3.23. The monoisotopic (exact) mass is 543 g/mol. The Hall–Kier alpha value is -2.82. The molecule has 1 fully saturated rings. The second-order valence-electron chi connectivity index (χ2n) is 9.09. The lowest BCUT2D eigenvalue weighted by atomic mass is 10.1. The van der Waals surface area contributed by atoms with Crippen molar-refractivity contribution in [2.75, 3.05) is 19.7 Å². The molecule has 3 aromatic rings. The number of unbranched alkanes of at least 4 members (excludes halogenated alkanes) is 1. The number of aromatic nitrogens is 1. The maximum atomic E-state index is 13.1. The lowest BCUT2D eigenvalue weighted by Crippen LogP contribution is -2.35. The van der Waals surface area contributed by atoms with Crippen LogP contribution in [0, 0.1) is 0 Å². The first-order valence-corrected chi connectivity index (χ1v) is 15.1. The van der Waals surface area contributed by atoms with Gasteiger partial charge in [0.25, 0.3) is 5.91 Å². The third-order valence-corrected chi connectivity index (χ3v) is 9.36. The molecule has 2 heterocycles. The van der Waals surface area contributed by atoms with E-state index in [1.165, 1.54) is 45.5 Å². The van der Waals surface area contributed by atoms with Crippen LogP contribution in [0.2, 0.25) is 0 Å². The Morgan fingerprint density at radius 3 is 2.43 bits per heavy atom. The number of fused-ring (bicyclic) bond motifs is 1. The number of hydrogen-bond acceptors (Lipinski definition) is 6. The molecule has 198 valence electrons. The van der Waals surface area contributed by atoms with Gasteiger partial charge in [-0.2, -0.15) is 9.30 Å². The van der Waals surface area contributed by atoms with Crippen LogP contribution in [0.3, 0.4) is 0 Å². The smallest absolute Gasteiger partial charge is 0.326 e. The number of aryl methyl sites for hydroxylation is 1. The molecule has 1 aliphatic rings. The van der Waals surface area contributed by atoms with Crippen molar-refractivity contribution in [3.8, 4) is 0 Å². The predicted octanol–water partition coefficient (Wildman–Crippen LogP) is 4.52. The van der Waals surface area contributed by atoms with Gasteiger partial charge >= 0.3 is 5.97 Å². The third-order valence-electron chi connectivity index (χ3n) is 6.41. The van der Waals surface area contributed by atoms with Crippen molar-refractivity contribution in [1.82, 2.24) is 8.87 Å². The fourth-order valence-electron chi connectivity index (χ4n) is 4.40. The zero-order valence-electron chi connectivity index (χ0n) is 21.3. The van der Waals surface area contributed by atoms with Crippen LogP contribution in [-0.2, 0) is 32.5 Å². The quantitative estimate of drug-likeness (QED) is 0.370. The van der Waals surface area contributed by atoms with Gasteiger partial charge in [-0.3, -0.25) is 9.59 Å². The summed E-state index contributed by atoms with van der Waals surface area (Å²) in [7, 11) is -3.58. The summed E-state index contributed by atoms with van der Waals surface area (Å²) in [4.78, 5) is 30.3. The van der Waals surface area contributed by atoms with Crippen molar-refractivity contribution in [1.29, 1.82) is 0 Å². The summed E-state index contributed by atoms with van der Waals surface area (Å²) in [6.45, 7) is 5.14. The molecule has 0 spiro atoms. The van der Waals surface area contributed by atoms with Crippen LogP contribution < -0.4 is 4.80 Å². The number of ether oxygens (including phenoxy) is 1. The molecule has 0 radical (unpaired) electrons. The number of nitrogens with zero attached hydrogens (tertiary/aromatic N) is 3. The fraction of sp³-hybridized carbons (Fsp3) is 0.444. The van der Waals surface area contributed by atoms with Crippen molar-refractivity contribution in [3.63, 3.8) is 0 Å². The molecule has 0 atom stereocenters. The van der Waals surface area contributed by atoms with Crippen LogP contribution in [0.15, 0.2) is 52.4 Å². The zero-order valence-corrected chi connectivity index (χ0v) is 22.9. The lowest BCUT2D eigenvalue weighted by Gasteiger charge is -2.25. The Balaban J connectivity index is 1.66. The highest BCUT2D eigenvalue weighted by molar-refractivity contribution is 7.89. The average molecular weight is 544 g/mol. The van der Waals surface area contributed by atoms with Crippen molar-refractivity contribution in [2.24, 2.45) is 4.99 Å². The molecule has 0 aliphatic carbocycles. The number of esters is 1. The normalized spacial score (nSPS) is 15.2. The SMILES string of the molecule is CCCCc1ccc2c(c1)sc(=NC(=O)c1ccc(S(=O)(=O)N3CCCCC3)cc1)n2CC(=O)OCC. The molecule has 0 N–H and O–H groups in total. The van der Waals surface area contributed by atoms with Gasteiger partial charge in [0.2, 0.25) is 10.0 Å². The van der Waals surface area contributed by atoms with Gasteiger partial charge in [-0.15, -0.1) is 0 Å². The minimum Gasteiger partial charge on any atom is -0.465 e. The highest BCUT2D eigenvalue weighted by Gasteiger charge is 2.26. The molecule has 8 nitrogen and oxygen atoms in total. The van der Waals surface area contributed by atoms with Gasteiger partial charge in [0.1, 0.15) is 6.54 Å². The molecular formula is C27H33N3O5S2. The van der Waals surface area contributed by atoms with E-state index in [1.54, 1.807) is 11.5 Å². The van der Waals surface area contributed by atoms with E-state index in [0.717, 1.165) is 48.7 Å². The van der Waals surface area contributed by atoms with E-state index < -0.39 is 21.9 Å². The van der Waals surface area contributed by atoms with Crippen LogP contribution in [0.1, 0.15) is 61.9 Å². The maximum absolute atomic E-state index is 13.1. The van der Waals surface area contributed by atoms with Crippen LogP contribution in [-0.4, -0.2) is 48.9 Å². The number of benzene rings is 2. The Labute approximate surface area is 221 Å². The van der Waals surface area contributed by atoms with Crippen molar-refractivity contribution >= 4 is 43.5 Å². The lowest BCUT2D eigenvalue weighted by molar-refractivity contribution is -0.143. The summed E-state index contributed by atoms with van der Waals surface area (Å²) in [6, 6.07) is 12.0. The standard InChI is InChI=1S/C27H33N3O5S2/c1-3-5-9-20-10-15-23-24(18-20)36-27(30(23)19-25(31)35-4-2)28-26(32)21-11-13-22(14-12-21)37(33,34)29-16-7-6-8-17-29/h10-15,18H,3-9,16-17,19H2,1-2H3. The van der Waals surface area contributed by atoms with E-state index in [1.807, 2.05) is 12.1 Å². The van der Waals surface area contributed by atoms with E-state index >= 15 is 0 Å². The van der Waals surface area contributed by atoms with Gasteiger partial charge in [0, 0.05) is 18.7 Å². The molecule has 0 bridgehead atoms. The molecule has 37 heavy (non-hydrogen) atoms. The molecule has 4 rings (SSSR count). The van der Waals surface area contributed by atoms with Gasteiger partial charge in [0.15, 0.2) is 4.80 Å². The van der Waals surface area contributed by atoms with E-state index in [-0.39, 0.29) is 23.6 Å². The van der Waals surface area contributed by atoms with E-state index in [9.17, 15) is 18.0 Å². The summed E-state index contributed by atoms with van der Waals surface area (Å²) in [5.41, 5.74) is 2.29. The molecule has 0 saturated carbocycles. The Morgan fingerprint density at radius 1 is 1.03 bits per heavy atom. The number of sulfonamides is 1. The molecule has 0 unspecified atom stereocenters. The van der Waals surface area contributed by atoms with Crippen LogP contribution >= 0.6 is 11.3 Å².